The second-order valence-electron chi connectivity index (χ2n) is 9.37. The van der Waals surface area contributed by atoms with Crippen LogP contribution in [-0.2, 0) is 12.1 Å². The summed E-state index contributed by atoms with van der Waals surface area (Å²) in [7, 11) is 0. The van der Waals surface area contributed by atoms with Gasteiger partial charge in [0.2, 0.25) is 0 Å². The van der Waals surface area contributed by atoms with Crippen molar-refractivity contribution < 1.29 is 5.11 Å². The lowest BCUT2D eigenvalue weighted by Gasteiger charge is -2.52. The van der Waals surface area contributed by atoms with E-state index < -0.39 is 5.60 Å². The molecule has 1 aromatic heterocycles. The average molecular weight is 392 g/mol. The molecule has 1 unspecified atom stereocenters. The number of rotatable bonds is 4. The van der Waals surface area contributed by atoms with Crippen molar-refractivity contribution in [1.82, 2.24) is 9.88 Å². The number of aryl methyl sites for hydroxylation is 1. The number of fused-ring (bicyclic) bond motifs is 2. The molecule has 3 fully saturated rings. The molecule has 2 aromatic rings. The molecule has 2 saturated heterocycles. The zero-order valence-corrected chi connectivity index (χ0v) is 17.6. The fourth-order valence-corrected chi connectivity index (χ4v) is 6.08. The Morgan fingerprint density at radius 2 is 1.79 bits per heavy atom. The van der Waals surface area contributed by atoms with E-state index in [1.54, 1.807) is 0 Å². The largest absolute Gasteiger partial charge is 0.383 e. The van der Waals surface area contributed by atoms with Crippen LogP contribution >= 0.6 is 0 Å². The SMILES string of the molecule is Cc1cc(CN2C[C@H]3CCC[C@@H](C2)C3(O)c2ccccn2)ccc1N1CCCC1. The molecule has 29 heavy (non-hydrogen) atoms. The maximum atomic E-state index is 11.7. The van der Waals surface area contributed by atoms with Crippen LogP contribution in [0.3, 0.4) is 0 Å². The highest BCUT2D eigenvalue weighted by Crippen LogP contribution is 2.48. The molecule has 2 aliphatic heterocycles. The molecule has 1 N–H and O–H groups in total. The summed E-state index contributed by atoms with van der Waals surface area (Å²) >= 11 is 0. The molecule has 1 saturated carbocycles. The van der Waals surface area contributed by atoms with Gasteiger partial charge in [-0.15, -0.1) is 0 Å². The van der Waals surface area contributed by atoms with Crippen molar-refractivity contribution >= 4 is 5.69 Å². The molecule has 4 heteroatoms. The Bertz CT molecular complexity index is 832. The van der Waals surface area contributed by atoms with Crippen LogP contribution < -0.4 is 4.90 Å². The lowest BCUT2D eigenvalue weighted by molar-refractivity contribution is -0.151. The van der Waals surface area contributed by atoms with Crippen LogP contribution in [0.2, 0.25) is 0 Å². The van der Waals surface area contributed by atoms with E-state index in [1.165, 1.54) is 49.2 Å². The van der Waals surface area contributed by atoms with Crippen molar-refractivity contribution in [2.75, 3.05) is 31.1 Å². The van der Waals surface area contributed by atoms with Gasteiger partial charge in [0.1, 0.15) is 5.60 Å². The highest BCUT2D eigenvalue weighted by Gasteiger charge is 2.52. The first-order valence-corrected chi connectivity index (χ1v) is 11.4. The minimum Gasteiger partial charge on any atom is -0.383 e. The first-order valence-electron chi connectivity index (χ1n) is 11.4. The van der Waals surface area contributed by atoms with Crippen molar-refractivity contribution in [2.45, 2.75) is 51.2 Å². The van der Waals surface area contributed by atoms with Crippen LogP contribution in [0.15, 0.2) is 42.6 Å². The van der Waals surface area contributed by atoms with Gasteiger partial charge in [0.15, 0.2) is 0 Å². The maximum Gasteiger partial charge on any atom is 0.114 e. The van der Waals surface area contributed by atoms with Crippen molar-refractivity contribution in [3.8, 4) is 0 Å². The number of anilines is 1. The van der Waals surface area contributed by atoms with Gasteiger partial charge >= 0.3 is 0 Å². The smallest absolute Gasteiger partial charge is 0.114 e. The van der Waals surface area contributed by atoms with Gasteiger partial charge in [-0.1, -0.05) is 24.6 Å². The van der Waals surface area contributed by atoms with Gasteiger partial charge < -0.3 is 10.0 Å². The number of likely N-dealkylation sites (tertiary alicyclic amines) is 1. The predicted molar refractivity (Wildman–Crippen MR) is 117 cm³/mol. The predicted octanol–water partition coefficient (Wildman–Crippen LogP) is 4.11. The van der Waals surface area contributed by atoms with Crippen molar-refractivity contribution in [3.05, 3.63) is 59.4 Å². The zero-order valence-electron chi connectivity index (χ0n) is 17.6. The van der Waals surface area contributed by atoms with Crippen LogP contribution in [0.5, 0.6) is 0 Å². The Hall–Kier alpha value is -1.91. The average Bonchev–Trinajstić information content (AvgIpc) is 3.24. The number of nitrogens with zero attached hydrogens (tertiary/aromatic N) is 3. The molecule has 2 bridgehead atoms. The summed E-state index contributed by atoms with van der Waals surface area (Å²) in [5.74, 6) is 0.546. The minimum atomic E-state index is -0.758. The molecule has 0 amide bonds. The van der Waals surface area contributed by atoms with Gasteiger partial charge in [0, 0.05) is 56.4 Å². The third-order valence-electron chi connectivity index (χ3n) is 7.50. The lowest BCUT2D eigenvalue weighted by atomic mass is 9.64. The molecular formula is C25H33N3O. The maximum absolute atomic E-state index is 11.7. The van der Waals surface area contributed by atoms with Gasteiger partial charge in [-0.2, -0.15) is 0 Å². The fraction of sp³-hybridized carbons (Fsp3) is 0.560. The van der Waals surface area contributed by atoms with E-state index in [0.717, 1.165) is 38.2 Å². The summed E-state index contributed by atoms with van der Waals surface area (Å²) in [6, 6.07) is 13.0. The van der Waals surface area contributed by atoms with E-state index in [2.05, 4.69) is 39.9 Å². The molecule has 0 radical (unpaired) electrons. The topological polar surface area (TPSA) is 39.6 Å². The number of hydrogen-bond acceptors (Lipinski definition) is 4. The minimum absolute atomic E-state index is 0.273. The van der Waals surface area contributed by atoms with Crippen LogP contribution in [0, 0.1) is 18.8 Å². The molecule has 5 rings (SSSR count). The third-order valence-corrected chi connectivity index (χ3v) is 7.50. The first kappa shape index (κ1) is 19.1. The van der Waals surface area contributed by atoms with Gasteiger partial charge in [-0.3, -0.25) is 9.88 Å². The molecule has 1 aromatic carbocycles. The third kappa shape index (κ3) is 3.47. The molecular weight excluding hydrogens is 358 g/mol. The highest BCUT2D eigenvalue weighted by molar-refractivity contribution is 5.55. The van der Waals surface area contributed by atoms with Crippen LogP contribution in [0.25, 0.3) is 0 Å². The molecule has 4 nitrogen and oxygen atoms in total. The van der Waals surface area contributed by atoms with E-state index in [1.807, 2.05) is 24.4 Å². The summed E-state index contributed by atoms with van der Waals surface area (Å²) in [5.41, 5.74) is 4.32. The fourth-order valence-electron chi connectivity index (χ4n) is 6.08. The van der Waals surface area contributed by atoms with Crippen LogP contribution in [-0.4, -0.2) is 41.2 Å². The van der Waals surface area contributed by atoms with Crippen molar-refractivity contribution in [2.24, 2.45) is 11.8 Å². The number of aromatic nitrogens is 1. The molecule has 3 heterocycles. The standard InChI is InChI=1S/C25H33N3O/c1-19-15-20(10-11-23(19)28-13-4-5-14-28)16-27-17-21-7-6-8-22(18-27)25(21,29)24-9-2-3-12-26-24/h2-3,9-12,15,21-22,29H,4-8,13-14,16-18H2,1H3/t21-,22+,25?. The van der Waals surface area contributed by atoms with E-state index >= 15 is 0 Å². The Balaban J connectivity index is 1.32. The number of benzene rings is 1. The normalized spacial score (nSPS) is 29.9. The van der Waals surface area contributed by atoms with Gasteiger partial charge in [0.05, 0.1) is 5.69 Å². The van der Waals surface area contributed by atoms with Crippen LogP contribution in [0.4, 0.5) is 5.69 Å². The van der Waals surface area contributed by atoms with E-state index in [9.17, 15) is 5.11 Å². The summed E-state index contributed by atoms with van der Waals surface area (Å²) in [4.78, 5) is 9.64. The second kappa shape index (κ2) is 7.73. The van der Waals surface area contributed by atoms with E-state index in [0.29, 0.717) is 0 Å². The van der Waals surface area contributed by atoms with Gasteiger partial charge in [-0.05, 0) is 61.9 Å². The number of aliphatic hydroxyl groups is 1. The molecule has 3 atom stereocenters. The van der Waals surface area contributed by atoms with Crippen molar-refractivity contribution in [1.29, 1.82) is 0 Å². The van der Waals surface area contributed by atoms with Gasteiger partial charge in [0.25, 0.3) is 0 Å². The summed E-state index contributed by atoms with van der Waals surface area (Å²) in [5, 5.41) is 11.7. The van der Waals surface area contributed by atoms with Crippen molar-refractivity contribution in [3.63, 3.8) is 0 Å². The zero-order chi connectivity index (χ0) is 19.8. The molecule has 3 aliphatic rings. The monoisotopic (exact) mass is 391 g/mol. The quantitative estimate of drug-likeness (QED) is 0.851. The summed E-state index contributed by atoms with van der Waals surface area (Å²) < 4.78 is 0. The Morgan fingerprint density at radius 1 is 1.03 bits per heavy atom. The first-order chi connectivity index (χ1) is 14.1. The summed E-state index contributed by atoms with van der Waals surface area (Å²) in [6.07, 6.45) is 7.86. The molecule has 1 aliphatic carbocycles. The number of hydrogen-bond donors (Lipinski definition) is 1. The molecule has 154 valence electrons. The Kier molecular flexibility index (Phi) is 5.09. The summed E-state index contributed by atoms with van der Waals surface area (Å²) in [6.45, 7) is 7.53. The second-order valence-corrected chi connectivity index (χ2v) is 9.37. The van der Waals surface area contributed by atoms with Crippen LogP contribution in [0.1, 0.15) is 48.9 Å². The van der Waals surface area contributed by atoms with E-state index in [4.69, 9.17) is 0 Å². The Morgan fingerprint density at radius 3 is 2.45 bits per heavy atom. The van der Waals surface area contributed by atoms with Gasteiger partial charge in [-0.25, -0.2) is 0 Å². The Labute approximate surface area is 174 Å². The number of pyridine rings is 1. The highest BCUT2D eigenvalue weighted by atomic mass is 16.3. The van der Waals surface area contributed by atoms with E-state index in [-0.39, 0.29) is 11.8 Å². The number of piperidine rings is 1. The molecule has 0 spiro atoms. The lowest BCUT2D eigenvalue weighted by Crippen LogP contribution is -2.58.